The first-order chi connectivity index (χ1) is 23.2. The lowest BCUT2D eigenvalue weighted by molar-refractivity contribution is -0.0228. The van der Waals surface area contributed by atoms with Crippen LogP contribution in [0.3, 0.4) is 0 Å². The summed E-state index contributed by atoms with van der Waals surface area (Å²) in [7, 11) is -3.42. The summed E-state index contributed by atoms with van der Waals surface area (Å²) in [6, 6.07) is 5.52. The SMILES string of the molecule is Cc1nnc2sc(C(=O)N3CCC[C@H]3CNc3c(C(=O)N4CC(F)(c5ccc(S(C)(=O)=O)cc5)C4)sc4nnc(C)c(C)c34)c(N)c2c1C. The number of halogens is 1. The minimum atomic E-state index is -3.42. The van der Waals surface area contributed by atoms with Gasteiger partial charge in [-0.1, -0.05) is 12.1 Å². The van der Waals surface area contributed by atoms with Crippen LogP contribution < -0.4 is 11.1 Å². The van der Waals surface area contributed by atoms with Crippen LogP contribution >= 0.6 is 22.7 Å². The largest absolute Gasteiger partial charge is 0.397 e. The van der Waals surface area contributed by atoms with E-state index in [1.54, 1.807) is 0 Å². The zero-order valence-corrected chi connectivity index (χ0v) is 30.1. The van der Waals surface area contributed by atoms with Gasteiger partial charge in [0.05, 0.1) is 40.7 Å². The molecule has 1 aromatic carbocycles. The molecule has 256 valence electrons. The molecule has 7 rings (SSSR count). The molecular weight excluding hydrogens is 688 g/mol. The number of nitrogens with one attached hydrogen (secondary N) is 1. The summed E-state index contributed by atoms with van der Waals surface area (Å²) in [5, 5.41) is 22.1. The van der Waals surface area contributed by atoms with E-state index in [-0.39, 0.29) is 35.8 Å². The molecule has 1 atom stereocenters. The van der Waals surface area contributed by atoms with E-state index in [1.807, 2.05) is 32.6 Å². The number of alkyl halides is 1. The number of nitrogens with zero attached hydrogens (tertiary/aromatic N) is 6. The van der Waals surface area contributed by atoms with Crippen molar-refractivity contribution in [1.29, 1.82) is 0 Å². The van der Waals surface area contributed by atoms with Crippen molar-refractivity contribution >= 4 is 76.1 Å². The van der Waals surface area contributed by atoms with E-state index in [9.17, 15) is 18.0 Å². The number of nitrogens with two attached hydrogens (primary N) is 1. The topological polar surface area (TPSA) is 164 Å². The molecule has 0 bridgehead atoms. The summed E-state index contributed by atoms with van der Waals surface area (Å²) in [5.41, 5.74) is 9.33. The van der Waals surface area contributed by atoms with Gasteiger partial charge in [0.25, 0.3) is 11.8 Å². The number of anilines is 2. The van der Waals surface area contributed by atoms with Crippen LogP contribution in [0.15, 0.2) is 29.2 Å². The first-order valence-electron chi connectivity index (χ1n) is 15.8. The number of sulfone groups is 1. The summed E-state index contributed by atoms with van der Waals surface area (Å²) in [5.74, 6) is -0.497. The van der Waals surface area contributed by atoms with Crippen LogP contribution in [0.25, 0.3) is 20.4 Å². The lowest BCUT2D eigenvalue weighted by Gasteiger charge is -2.44. The first kappa shape index (κ1) is 33.2. The molecule has 0 aliphatic carbocycles. The Hall–Kier alpha value is -4.28. The molecule has 12 nitrogen and oxygen atoms in total. The molecule has 0 spiro atoms. The van der Waals surface area contributed by atoms with Crippen LogP contribution in [0.5, 0.6) is 0 Å². The standard InChI is InChI=1S/C33H35FN8O4S3/c1-16-18(3)37-39-29-23(16)25(35)27(47-29)32(44)42-12-6-7-21(42)13-36-26-24-17(2)19(4)38-40-30(24)48-28(26)31(43)41-14-33(34,15-41)20-8-10-22(11-9-20)49(5,45)46/h8-11,21,36H,6-7,12-15,35H2,1-5H3/t21-/m0/s1. The van der Waals surface area contributed by atoms with Crippen LogP contribution in [0.2, 0.25) is 0 Å². The Morgan fingerprint density at radius 2 is 1.53 bits per heavy atom. The number of amides is 2. The monoisotopic (exact) mass is 722 g/mol. The fraction of sp³-hybridized carbons (Fsp3) is 0.394. The molecule has 2 fully saturated rings. The second kappa shape index (κ2) is 11.9. The predicted octanol–water partition coefficient (Wildman–Crippen LogP) is 4.95. The van der Waals surface area contributed by atoms with E-state index in [2.05, 4.69) is 25.7 Å². The zero-order chi connectivity index (χ0) is 35.0. The Morgan fingerprint density at radius 3 is 2.16 bits per heavy atom. The van der Waals surface area contributed by atoms with Gasteiger partial charge in [-0.25, -0.2) is 12.8 Å². The second-order valence-corrected chi connectivity index (χ2v) is 16.9. The quantitative estimate of drug-likeness (QED) is 0.235. The van der Waals surface area contributed by atoms with Crippen LogP contribution in [0.1, 0.15) is 60.3 Å². The highest BCUT2D eigenvalue weighted by atomic mass is 32.2. The van der Waals surface area contributed by atoms with Gasteiger partial charge in [-0.2, -0.15) is 10.2 Å². The maximum absolute atomic E-state index is 15.9. The van der Waals surface area contributed by atoms with Gasteiger partial charge in [-0.3, -0.25) is 9.59 Å². The number of thiophene rings is 2. The van der Waals surface area contributed by atoms with Crippen molar-refractivity contribution in [3.63, 3.8) is 0 Å². The smallest absolute Gasteiger partial charge is 0.266 e. The fourth-order valence-electron chi connectivity index (χ4n) is 6.63. The van der Waals surface area contributed by atoms with Gasteiger partial charge < -0.3 is 20.9 Å². The average molecular weight is 723 g/mol. The highest BCUT2D eigenvalue weighted by Gasteiger charge is 2.48. The summed E-state index contributed by atoms with van der Waals surface area (Å²) < 4.78 is 39.7. The van der Waals surface area contributed by atoms with E-state index < -0.39 is 15.5 Å². The van der Waals surface area contributed by atoms with Crippen molar-refractivity contribution in [1.82, 2.24) is 30.2 Å². The Labute approximate surface area is 290 Å². The summed E-state index contributed by atoms with van der Waals surface area (Å²) in [6.07, 6.45) is 2.68. The molecule has 3 N–H and O–H groups in total. The molecule has 4 aromatic heterocycles. The molecule has 5 aromatic rings. The van der Waals surface area contributed by atoms with Crippen molar-refractivity contribution in [2.24, 2.45) is 0 Å². The minimum absolute atomic E-state index is 0.106. The third-order valence-corrected chi connectivity index (χ3v) is 13.0. The van der Waals surface area contributed by atoms with Gasteiger partial charge >= 0.3 is 0 Å². The number of aryl methyl sites for hydroxylation is 4. The van der Waals surface area contributed by atoms with Crippen molar-refractivity contribution in [2.45, 2.75) is 57.1 Å². The Kier molecular flexibility index (Phi) is 8.10. The fourth-order valence-corrected chi connectivity index (χ4v) is 9.44. The maximum Gasteiger partial charge on any atom is 0.266 e. The molecule has 16 heteroatoms. The second-order valence-electron chi connectivity index (χ2n) is 12.9. The van der Waals surface area contributed by atoms with E-state index >= 15 is 4.39 Å². The number of likely N-dealkylation sites (tertiary alicyclic amines) is 2. The van der Waals surface area contributed by atoms with Crippen molar-refractivity contribution in [3.05, 3.63) is 62.1 Å². The summed E-state index contributed by atoms with van der Waals surface area (Å²) in [4.78, 5) is 33.3. The first-order valence-corrected chi connectivity index (χ1v) is 19.3. The number of hydrogen-bond donors (Lipinski definition) is 2. The maximum atomic E-state index is 15.9. The molecule has 0 unspecified atom stereocenters. The number of rotatable bonds is 7. The van der Waals surface area contributed by atoms with E-state index in [4.69, 9.17) is 5.73 Å². The molecule has 0 saturated carbocycles. The molecule has 49 heavy (non-hydrogen) atoms. The molecule has 2 amide bonds. The van der Waals surface area contributed by atoms with Crippen molar-refractivity contribution in [3.8, 4) is 0 Å². The van der Waals surface area contributed by atoms with E-state index in [1.165, 1.54) is 51.8 Å². The van der Waals surface area contributed by atoms with Gasteiger partial charge in [0.1, 0.15) is 19.4 Å². The molecule has 0 radical (unpaired) electrons. The van der Waals surface area contributed by atoms with Crippen molar-refractivity contribution in [2.75, 3.05) is 43.5 Å². The van der Waals surface area contributed by atoms with E-state index in [0.717, 1.165) is 52.4 Å². The Bertz CT molecular complexity index is 2280. The van der Waals surface area contributed by atoms with Gasteiger partial charge in [0.2, 0.25) is 0 Å². The minimum Gasteiger partial charge on any atom is -0.397 e. The lowest BCUT2D eigenvalue weighted by Crippen LogP contribution is -2.58. The number of hydrogen-bond acceptors (Lipinski definition) is 12. The van der Waals surface area contributed by atoms with Gasteiger partial charge in [0, 0.05) is 36.2 Å². The normalized spacial score (nSPS) is 17.6. The Morgan fingerprint density at radius 1 is 0.939 bits per heavy atom. The van der Waals surface area contributed by atoms with Crippen LogP contribution in [0, 0.1) is 27.7 Å². The average Bonchev–Trinajstić information content (AvgIpc) is 3.77. The number of aromatic nitrogens is 4. The zero-order valence-electron chi connectivity index (χ0n) is 27.6. The van der Waals surface area contributed by atoms with Crippen molar-refractivity contribution < 1.29 is 22.4 Å². The van der Waals surface area contributed by atoms with Gasteiger partial charge in [-0.05, 0) is 69.4 Å². The molecular formula is C33H35FN8O4S3. The Balaban J connectivity index is 1.14. The highest BCUT2D eigenvalue weighted by molar-refractivity contribution is 7.90. The number of nitrogen functional groups attached to an aromatic ring is 1. The number of benzene rings is 1. The molecule has 2 aliphatic heterocycles. The number of carbonyl (C=O) groups excluding carboxylic acids is 2. The molecule has 6 heterocycles. The third-order valence-electron chi connectivity index (χ3n) is 9.74. The van der Waals surface area contributed by atoms with Gasteiger partial charge in [-0.15, -0.1) is 32.9 Å². The predicted molar refractivity (Wildman–Crippen MR) is 189 cm³/mol. The highest BCUT2D eigenvalue weighted by Crippen LogP contribution is 2.43. The third kappa shape index (κ3) is 5.59. The summed E-state index contributed by atoms with van der Waals surface area (Å²) >= 11 is 2.45. The number of carbonyl (C=O) groups is 2. The number of fused-ring (bicyclic) bond motifs is 2. The molecule has 2 saturated heterocycles. The lowest BCUT2D eigenvalue weighted by atomic mass is 9.88. The molecule has 2 aliphatic rings. The van der Waals surface area contributed by atoms with Gasteiger partial charge in [0.15, 0.2) is 15.5 Å². The summed E-state index contributed by atoms with van der Waals surface area (Å²) in [6.45, 7) is 8.17. The van der Waals surface area contributed by atoms with Crippen LogP contribution in [0.4, 0.5) is 15.8 Å². The van der Waals surface area contributed by atoms with Crippen LogP contribution in [-0.2, 0) is 15.5 Å². The van der Waals surface area contributed by atoms with E-state index in [0.29, 0.717) is 49.4 Å². The van der Waals surface area contributed by atoms with Crippen LogP contribution in [-0.4, -0.2) is 88.9 Å².